The Morgan fingerprint density at radius 3 is 1.06 bits per heavy atom. The van der Waals surface area contributed by atoms with Crippen LogP contribution < -0.4 is 0 Å². The third-order valence-electron chi connectivity index (χ3n) is 2.08. The number of rotatable bonds is 5. The van der Waals surface area contributed by atoms with Crippen LogP contribution in [0.1, 0.15) is 27.7 Å². The summed E-state index contributed by atoms with van der Waals surface area (Å²) in [5.41, 5.74) is -3.42. The minimum atomic E-state index is -4.78. The Kier molecular flexibility index (Phi) is 4.13. The van der Waals surface area contributed by atoms with Crippen LogP contribution in [0.25, 0.3) is 0 Å². The van der Waals surface area contributed by atoms with Crippen molar-refractivity contribution >= 4 is 20.8 Å². The highest BCUT2D eigenvalue weighted by Gasteiger charge is 2.45. The maximum Gasteiger partial charge on any atom is 0.397 e. The van der Waals surface area contributed by atoms with E-state index in [0.717, 1.165) is 0 Å². The standard InChI is InChI=1S/C6H14O8S2/c1-5(2,13-15(7,8)9)6(3,4)14-16(10,11)12/h1-4H3,(H,7,8,9)(H,10,11,12). The third kappa shape index (κ3) is 5.18. The zero-order valence-corrected chi connectivity index (χ0v) is 10.8. The molecule has 16 heavy (non-hydrogen) atoms. The van der Waals surface area contributed by atoms with E-state index in [-0.39, 0.29) is 0 Å². The van der Waals surface area contributed by atoms with E-state index in [4.69, 9.17) is 9.11 Å². The topological polar surface area (TPSA) is 127 Å². The van der Waals surface area contributed by atoms with Crippen molar-refractivity contribution in [3.05, 3.63) is 0 Å². The van der Waals surface area contributed by atoms with E-state index in [1.54, 1.807) is 0 Å². The van der Waals surface area contributed by atoms with Gasteiger partial charge in [-0.25, -0.2) is 8.37 Å². The molecule has 0 aliphatic heterocycles. The van der Waals surface area contributed by atoms with Crippen LogP contribution >= 0.6 is 0 Å². The SMILES string of the molecule is CC(C)(OS(=O)(=O)O)C(C)(C)OS(=O)(=O)O. The van der Waals surface area contributed by atoms with Crippen LogP contribution in [0, 0.1) is 0 Å². The van der Waals surface area contributed by atoms with Crippen molar-refractivity contribution in [3.8, 4) is 0 Å². The second-order valence-electron chi connectivity index (χ2n) is 4.04. The molecule has 0 unspecified atom stereocenters. The molecule has 0 aliphatic carbocycles. The maximum atomic E-state index is 10.5. The predicted octanol–water partition coefficient (Wildman–Crippen LogP) is 0.182. The Bertz CT molecular complexity index is 399. The molecule has 0 spiro atoms. The lowest BCUT2D eigenvalue weighted by atomic mass is 9.90. The molecule has 0 radical (unpaired) electrons. The molecule has 8 nitrogen and oxygen atoms in total. The fourth-order valence-corrected chi connectivity index (χ4v) is 2.18. The van der Waals surface area contributed by atoms with E-state index in [1.807, 2.05) is 0 Å². The van der Waals surface area contributed by atoms with E-state index in [9.17, 15) is 16.8 Å². The maximum absolute atomic E-state index is 10.5. The van der Waals surface area contributed by atoms with E-state index in [0.29, 0.717) is 0 Å². The first-order valence-electron chi connectivity index (χ1n) is 4.02. The van der Waals surface area contributed by atoms with Gasteiger partial charge in [0.05, 0.1) is 0 Å². The Hall–Kier alpha value is -0.260. The molecule has 0 rings (SSSR count). The van der Waals surface area contributed by atoms with Crippen molar-refractivity contribution in [2.45, 2.75) is 38.9 Å². The van der Waals surface area contributed by atoms with Crippen LogP contribution in [0.2, 0.25) is 0 Å². The molecule has 0 saturated carbocycles. The number of hydrogen-bond donors (Lipinski definition) is 2. The lowest BCUT2D eigenvalue weighted by Crippen LogP contribution is -2.51. The summed E-state index contributed by atoms with van der Waals surface area (Å²) in [5.74, 6) is 0. The average Bonchev–Trinajstić information content (AvgIpc) is 1.72. The van der Waals surface area contributed by atoms with Gasteiger partial charge in [-0.3, -0.25) is 9.11 Å². The normalized spacial score (nSPS) is 15.1. The van der Waals surface area contributed by atoms with Crippen molar-refractivity contribution in [1.29, 1.82) is 0 Å². The molecule has 0 atom stereocenters. The van der Waals surface area contributed by atoms with E-state index < -0.39 is 32.0 Å². The van der Waals surface area contributed by atoms with Gasteiger partial charge in [-0.1, -0.05) is 0 Å². The van der Waals surface area contributed by atoms with Crippen LogP contribution in [-0.2, 0) is 29.2 Å². The lowest BCUT2D eigenvalue weighted by molar-refractivity contribution is -0.0759. The quantitative estimate of drug-likeness (QED) is 0.682. The Morgan fingerprint density at radius 2 is 0.938 bits per heavy atom. The zero-order valence-electron chi connectivity index (χ0n) is 9.16. The molecule has 0 saturated heterocycles. The monoisotopic (exact) mass is 278 g/mol. The summed E-state index contributed by atoms with van der Waals surface area (Å²) >= 11 is 0. The van der Waals surface area contributed by atoms with Gasteiger partial charge in [0.15, 0.2) is 0 Å². The van der Waals surface area contributed by atoms with Crippen molar-refractivity contribution in [1.82, 2.24) is 0 Å². The van der Waals surface area contributed by atoms with Gasteiger partial charge >= 0.3 is 20.8 Å². The predicted molar refractivity (Wildman–Crippen MR) is 53.4 cm³/mol. The third-order valence-corrected chi connectivity index (χ3v) is 3.33. The van der Waals surface area contributed by atoms with Crippen molar-refractivity contribution in [3.63, 3.8) is 0 Å². The molecule has 10 heteroatoms. The summed E-state index contributed by atoms with van der Waals surface area (Å²) in [6.07, 6.45) is 0. The second kappa shape index (κ2) is 4.20. The molecule has 0 bridgehead atoms. The van der Waals surface area contributed by atoms with E-state index >= 15 is 0 Å². The van der Waals surface area contributed by atoms with Gasteiger partial charge in [0, 0.05) is 0 Å². The minimum absolute atomic E-state index is 1.17. The molecule has 0 fully saturated rings. The molecule has 2 N–H and O–H groups in total. The summed E-state index contributed by atoms with van der Waals surface area (Å²) < 4.78 is 67.6. The Balaban J connectivity index is 5.14. The van der Waals surface area contributed by atoms with E-state index in [2.05, 4.69) is 8.37 Å². The highest BCUT2D eigenvalue weighted by atomic mass is 32.3. The Labute approximate surface area is 94.5 Å². The van der Waals surface area contributed by atoms with E-state index in [1.165, 1.54) is 27.7 Å². The largest absolute Gasteiger partial charge is 0.397 e. The van der Waals surface area contributed by atoms with Crippen LogP contribution in [0.4, 0.5) is 0 Å². The summed E-state index contributed by atoms with van der Waals surface area (Å²) in [6, 6.07) is 0. The van der Waals surface area contributed by atoms with Gasteiger partial charge in [0.1, 0.15) is 11.2 Å². The molecule has 0 heterocycles. The molecular formula is C6H14O8S2. The Morgan fingerprint density at radius 1 is 0.750 bits per heavy atom. The van der Waals surface area contributed by atoms with Crippen molar-refractivity contribution in [2.24, 2.45) is 0 Å². The molecular weight excluding hydrogens is 264 g/mol. The molecule has 0 aromatic heterocycles. The first-order chi connectivity index (χ1) is 6.66. The molecule has 0 aromatic carbocycles. The van der Waals surface area contributed by atoms with Crippen LogP contribution in [-0.4, -0.2) is 37.1 Å². The highest BCUT2D eigenvalue weighted by molar-refractivity contribution is 7.81. The first kappa shape index (κ1) is 15.7. The summed E-state index contributed by atoms with van der Waals surface area (Å²) in [4.78, 5) is 0. The van der Waals surface area contributed by atoms with Gasteiger partial charge in [0.25, 0.3) is 0 Å². The first-order valence-corrected chi connectivity index (χ1v) is 6.75. The van der Waals surface area contributed by atoms with Gasteiger partial charge in [0.2, 0.25) is 0 Å². The minimum Gasteiger partial charge on any atom is -0.264 e. The second-order valence-corrected chi connectivity index (χ2v) is 6.09. The number of hydrogen-bond acceptors (Lipinski definition) is 6. The van der Waals surface area contributed by atoms with Crippen LogP contribution in [0.15, 0.2) is 0 Å². The molecule has 0 amide bonds. The molecule has 98 valence electrons. The van der Waals surface area contributed by atoms with Crippen LogP contribution in [0.5, 0.6) is 0 Å². The molecule has 0 aromatic rings. The highest BCUT2D eigenvalue weighted by Crippen LogP contribution is 2.31. The van der Waals surface area contributed by atoms with Crippen molar-refractivity contribution < 1.29 is 34.3 Å². The van der Waals surface area contributed by atoms with Crippen molar-refractivity contribution in [2.75, 3.05) is 0 Å². The summed E-state index contributed by atoms with van der Waals surface area (Å²) in [7, 11) is -9.55. The summed E-state index contributed by atoms with van der Waals surface area (Å²) in [5, 5.41) is 0. The summed E-state index contributed by atoms with van der Waals surface area (Å²) in [6.45, 7) is 4.69. The van der Waals surface area contributed by atoms with Gasteiger partial charge in [-0.2, -0.15) is 16.8 Å². The molecule has 0 aliphatic rings. The zero-order chi connectivity index (χ0) is 13.4. The average molecular weight is 278 g/mol. The van der Waals surface area contributed by atoms with Gasteiger partial charge in [-0.15, -0.1) is 0 Å². The van der Waals surface area contributed by atoms with Crippen LogP contribution in [0.3, 0.4) is 0 Å². The van der Waals surface area contributed by atoms with Gasteiger partial charge < -0.3 is 0 Å². The lowest BCUT2D eigenvalue weighted by Gasteiger charge is -2.37. The fourth-order valence-electron chi connectivity index (χ4n) is 0.727. The smallest absolute Gasteiger partial charge is 0.264 e. The van der Waals surface area contributed by atoms with Gasteiger partial charge in [-0.05, 0) is 27.7 Å². The fraction of sp³-hybridized carbons (Fsp3) is 1.00.